The SMILES string of the molecule is CS(=O)(=O)c1ccc(Cl)c(-c2ccc(-n3ccnc3-c3c(Cl)cccc3Cl)c(Cl)c2)c1. The van der Waals surface area contributed by atoms with E-state index in [1.807, 2.05) is 6.07 Å². The Bertz CT molecular complexity index is 1390. The molecule has 0 radical (unpaired) electrons. The lowest BCUT2D eigenvalue weighted by Crippen LogP contribution is -1.99. The molecule has 0 unspecified atom stereocenters. The van der Waals surface area contributed by atoms with Gasteiger partial charge in [0, 0.05) is 29.2 Å². The molecular formula is C22H14Cl4N2O2S. The van der Waals surface area contributed by atoms with Crippen LogP contribution in [0.25, 0.3) is 28.2 Å². The molecule has 4 aromatic rings. The molecule has 1 aromatic heterocycles. The summed E-state index contributed by atoms with van der Waals surface area (Å²) in [6.45, 7) is 0. The first-order chi connectivity index (χ1) is 14.7. The number of hydrogen-bond donors (Lipinski definition) is 0. The summed E-state index contributed by atoms with van der Waals surface area (Å²) in [6, 6.07) is 15.1. The van der Waals surface area contributed by atoms with E-state index in [-0.39, 0.29) is 4.90 Å². The number of aromatic nitrogens is 2. The maximum absolute atomic E-state index is 11.9. The highest BCUT2D eigenvalue weighted by molar-refractivity contribution is 7.90. The van der Waals surface area contributed by atoms with Gasteiger partial charge in [-0.3, -0.25) is 4.57 Å². The lowest BCUT2D eigenvalue weighted by molar-refractivity contribution is 0.602. The third-order valence-corrected chi connectivity index (χ3v) is 7.08. The molecule has 4 rings (SSSR count). The van der Waals surface area contributed by atoms with E-state index in [9.17, 15) is 8.42 Å². The van der Waals surface area contributed by atoms with Gasteiger partial charge in [-0.15, -0.1) is 0 Å². The fourth-order valence-corrected chi connectivity index (χ4v) is 4.93. The smallest absolute Gasteiger partial charge is 0.175 e. The number of benzene rings is 3. The normalized spacial score (nSPS) is 11.6. The van der Waals surface area contributed by atoms with Crippen LogP contribution in [0.15, 0.2) is 71.9 Å². The van der Waals surface area contributed by atoms with Crippen molar-refractivity contribution < 1.29 is 8.42 Å². The van der Waals surface area contributed by atoms with Crippen molar-refractivity contribution in [1.29, 1.82) is 0 Å². The number of halogens is 4. The topological polar surface area (TPSA) is 52.0 Å². The van der Waals surface area contributed by atoms with E-state index in [0.29, 0.717) is 48.3 Å². The first kappa shape index (κ1) is 22.2. The number of rotatable bonds is 4. The van der Waals surface area contributed by atoms with Crippen LogP contribution in [0.4, 0.5) is 0 Å². The van der Waals surface area contributed by atoms with Gasteiger partial charge in [-0.05, 0) is 48.0 Å². The van der Waals surface area contributed by atoms with E-state index >= 15 is 0 Å². The fourth-order valence-electron chi connectivity index (χ4n) is 3.22. The van der Waals surface area contributed by atoms with Gasteiger partial charge in [-0.2, -0.15) is 0 Å². The van der Waals surface area contributed by atoms with Crippen molar-refractivity contribution in [3.05, 3.63) is 87.1 Å². The first-order valence-electron chi connectivity index (χ1n) is 8.94. The zero-order valence-electron chi connectivity index (χ0n) is 16.0. The Morgan fingerprint density at radius 3 is 2.19 bits per heavy atom. The summed E-state index contributed by atoms with van der Waals surface area (Å²) in [7, 11) is -3.38. The minimum absolute atomic E-state index is 0.178. The molecule has 9 heteroatoms. The Morgan fingerprint density at radius 1 is 0.839 bits per heavy atom. The number of nitrogens with zero attached hydrogens (tertiary/aromatic N) is 2. The average Bonchev–Trinajstić information content (AvgIpc) is 3.16. The van der Waals surface area contributed by atoms with Crippen molar-refractivity contribution in [2.75, 3.05) is 6.26 Å². The van der Waals surface area contributed by atoms with Crippen LogP contribution < -0.4 is 0 Å². The highest BCUT2D eigenvalue weighted by Gasteiger charge is 2.18. The minimum Gasteiger partial charge on any atom is -0.298 e. The minimum atomic E-state index is -3.38. The number of sulfone groups is 1. The molecular weight excluding hydrogens is 498 g/mol. The van der Waals surface area contributed by atoms with Crippen LogP contribution in [-0.2, 0) is 9.84 Å². The molecule has 0 atom stereocenters. The Balaban J connectivity index is 1.82. The van der Waals surface area contributed by atoms with E-state index in [4.69, 9.17) is 46.4 Å². The van der Waals surface area contributed by atoms with Crippen molar-refractivity contribution in [2.24, 2.45) is 0 Å². The number of hydrogen-bond acceptors (Lipinski definition) is 3. The Kier molecular flexibility index (Phi) is 6.08. The van der Waals surface area contributed by atoms with Crippen LogP contribution in [0.5, 0.6) is 0 Å². The highest BCUT2D eigenvalue weighted by atomic mass is 35.5. The molecule has 4 nitrogen and oxygen atoms in total. The second-order valence-corrected chi connectivity index (χ2v) is 10.4. The van der Waals surface area contributed by atoms with Crippen LogP contribution >= 0.6 is 46.4 Å². The Morgan fingerprint density at radius 2 is 1.55 bits per heavy atom. The van der Waals surface area contributed by atoms with Gasteiger partial charge >= 0.3 is 0 Å². The second-order valence-electron chi connectivity index (χ2n) is 6.80. The van der Waals surface area contributed by atoms with Gasteiger partial charge in [-0.25, -0.2) is 13.4 Å². The maximum Gasteiger partial charge on any atom is 0.175 e. The summed E-state index contributed by atoms with van der Waals surface area (Å²) in [4.78, 5) is 4.58. The van der Waals surface area contributed by atoms with Crippen molar-refractivity contribution in [1.82, 2.24) is 9.55 Å². The van der Waals surface area contributed by atoms with E-state index in [1.54, 1.807) is 53.4 Å². The maximum atomic E-state index is 11.9. The molecule has 0 saturated carbocycles. The van der Waals surface area contributed by atoms with Gasteiger partial charge in [0.25, 0.3) is 0 Å². The summed E-state index contributed by atoms with van der Waals surface area (Å²) >= 11 is 25.7. The van der Waals surface area contributed by atoms with Crippen LogP contribution in [0.3, 0.4) is 0 Å². The quantitative estimate of drug-likeness (QED) is 0.290. The molecule has 158 valence electrons. The molecule has 0 bridgehead atoms. The van der Waals surface area contributed by atoms with Gasteiger partial charge < -0.3 is 0 Å². The summed E-state index contributed by atoms with van der Waals surface area (Å²) in [6.07, 6.45) is 4.54. The largest absolute Gasteiger partial charge is 0.298 e. The van der Waals surface area contributed by atoms with Gasteiger partial charge in [-0.1, -0.05) is 58.5 Å². The summed E-state index contributed by atoms with van der Waals surface area (Å²) < 4.78 is 25.6. The molecule has 1 heterocycles. The first-order valence-corrected chi connectivity index (χ1v) is 12.3. The molecule has 0 amide bonds. The van der Waals surface area contributed by atoms with Crippen molar-refractivity contribution in [3.8, 4) is 28.2 Å². The molecule has 0 spiro atoms. The zero-order valence-corrected chi connectivity index (χ0v) is 19.8. The van der Waals surface area contributed by atoms with E-state index in [0.717, 1.165) is 6.26 Å². The lowest BCUT2D eigenvalue weighted by Gasteiger charge is -2.14. The van der Waals surface area contributed by atoms with Gasteiger partial charge in [0.15, 0.2) is 9.84 Å². The average molecular weight is 512 g/mol. The van der Waals surface area contributed by atoms with Gasteiger partial charge in [0.1, 0.15) is 5.82 Å². The highest BCUT2D eigenvalue weighted by Crippen LogP contribution is 2.38. The lowest BCUT2D eigenvalue weighted by atomic mass is 10.1. The van der Waals surface area contributed by atoms with Gasteiger partial charge in [0.05, 0.1) is 31.2 Å². The predicted molar refractivity (Wildman–Crippen MR) is 128 cm³/mol. The third kappa shape index (κ3) is 4.34. The molecule has 31 heavy (non-hydrogen) atoms. The Hall–Kier alpha value is -2.02. The van der Waals surface area contributed by atoms with E-state index < -0.39 is 9.84 Å². The van der Waals surface area contributed by atoms with Crippen LogP contribution in [0, 0.1) is 0 Å². The van der Waals surface area contributed by atoms with E-state index in [2.05, 4.69) is 4.98 Å². The standard InChI is InChI=1S/C22H14Cl4N2O2S/c1-31(29,30)14-6-7-16(23)15(12-14)13-5-8-20(19(26)11-13)28-10-9-27-22(28)21-17(24)3-2-4-18(21)25/h2-12H,1H3. The van der Waals surface area contributed by atoms with Crippen LogP contribution in [0.1, 0.15) is 0 Å². The van der Waals surface area contributed by atoms with Crippen molar-refractivity contribution >= 4 is 56.2 Å². The fraction of sp³-hybridized carbons (Fsp3) is 0.0455. The summed E-state index contributed by atoms with van der Waals surface area (Å²) in [5.41, 5.74) is 2.50. The molecule has 3 aromatic carbocycles. The molecule has 0 aliphatic heterocycles. The zero-order chi connectivity index (χ0) is 22.3. The summed E-state index contributed by atoms with van der Waals surface area (Å²) in [5, 5.41) is 1.78. The van der Waals surface area contributed by atoms with Crippen LogP contribution in [-0.4, -0.2) is 24.2 Å². The summed E-state index contributed by atoms with van der Waals surface area (Å²) in [5.74, 6) is 0.544. The molecule has 0 N–H and O–H groups in total. The predicted octanol–water partition coefficient (Wildman–Crippen LogP) is 7.22. The number of imidazole rings is 1. The molecule has 0 saturated heterocycles. The van der Waals surface area contributed by atoms with Crippen molar-refractivity contribution in [2.45, 2.75) is 4.90 Å². The third-order valence-electron chi connectivity index (χ3n) is 4.71. The van der Waals surface area contributed by atoms with Gasteiger partial charge in [0.2, 0.25) is 0 Å². The monoisotopic (exact) mass is 510 g/mol. The van der Waals surface area contributed by atoms with Crippen molar-refractivity contribution in [3.63, 3.8) is 0 Å². The van der Waals surface area contributed by atoms with Crippen LogP contribution in [0.2, 0.25) is 20.1 Å². The Labute approximate surface area is 199 Å². The molecule has 0 fully saturated rings. The second kappa shape index (κ2) is 8.49. The molecule has 0 aliphatic carbocycles. The molecule has 0 aliphatic rings. The van der Waals surface area contributed by atoms with E-state index in [1.165, 1.54) is 12.1 Å².